The fraction of sp³-hybridized carbons (Fsp3) is 0.222. The zero-order chi connectivity index (χ0) is 11.3. The summed E-state index contributed by atoms with van der Waals surface area (Å²) in [6, 6.07) is 5.03. The van der Waals surface area contributed by atoms with Crippen molar-refractivity contribution in [2.75, 3.05) is 6.61 Å². The van der Waals surface area contributed by atoms with Crippen LogP contribution in [0.2, 0.25) is 10.0 Å². The van der Waals surface area contributed by atoms with Gasteiger partial charge in [-0.3, -0.25) is 10.2 Å². The van der Waals surface area contributed by atoms with E-state index in [0.717, 1.165) is 0 Å². The summed E-state index contributed by atoms with van der Waals surface area (Å²) in [6.07, 6.45) is 0.151. The molecule has 0 radical (unpaired) electrons. The number of hydrogen-bond donors (Lipinski definition) is 2. The Bertz CT molecular complexity index is 338. The second-order valence-electron chi connectivity index (χ2n) is 2.72. The van der Waals surface area contributed by atoms with Crippen LogP contribution >= 0.6 is 23.2 Å². The summed E-state index contributed by atoms with van der Waals surface area (Å²) in [5, 5.41) is 0.825. The molecule has 0 spiro atoms. The quantitative estimate of drug-likeness (QED) is 0.485. The average Bonchev–Trinajstić information content (AvgIpc) is 2.22. The maximum atomic E-state index is 10.8. The number of benzene rings is 1. The molecule has 0 aromatic heterocycles. The molecule has 6 heteroatoms. The summed E-state index contributed by atoms with van der Waals surface area (Å²) >= 11 is 11.7. The zero-order valence-electron chi connectivity index (χ0n) is 7.80. The Morgan fingerprint density at radius 2 is 2.00 bits per heavy atom. The number of nitrogens with two attached hydrogens (primary N) is 1. The summed E-state index contributed by atoms with van der Waals surface area (Å²) in [6.45, 7) is 0.173. The molecule has 1 rings (SSSR count). The highest BCUT2D eigenvalue weighted by molar-refractivity contribution is 6.37. The maximum absolute atomic E-state index is 10.8. The van der Waals surface area contributed by atoms with Crippen molar-refractivity contribution in [3.8, 4) is 5.75 Å². The molecule has 1 amide bonds. The van der Waals surface area contributed by atoms with Crippen molar-refractivity contribution >= 4 is 29.1 Å². The Hall–Kier alpha value is -0.970. The van der Waals surface area contributed by atoms with Gasteiger partial charge < -0.3 is 4.74 Å². The molecule has 0 heterocycles. The number of carbonyl (C=O) groups excluding carboxylic acids is 1. The van der Waals surface area contributed by atoms with E-state index in [1.807, 2.05) is 5.43 Å². The molecule has 0 saturated carbocycles. The van der Waals surface area contributed by atoms with Gasteiger partial charge in [-0.2, -0.15) is 0 Å². The minimum atomic E-state index is -0.307. The Balaban J connectivity index is 2.54. The van der Waals surface area contributed by atoms with Crippen molar-refractivity contribution in [2.45, 2.75) is 6.42 Å². The third kappa shape index (κ3) is 3.58. The van der Waals surface area contributed by atoms with Gasteiger partial charge in [-0.1, -0.05) is 29.3 Å². The van der Waals surface area contributed by atoms with Crippen molar-refractivity contribution in [3.05, 3.63) is 28.2 Å². The van der Waals surface area contributed by atoms with Gasteiger partial charge in [-0.15, -0.1) is 0 Å². The molecular formula is C9H10Cl2N2O2. The lowest BCUT2D eigenvalue weighted by molar-refractivity contribution is -0.121. The largest absolute Gasteiger partial charge is 0.490 e. The van der Waals surface area contributed by atoms with Crippen LogP contribution in [0.1, 0.15) is 6.42 Å². The third-order valence-corrected chi connectivity index (χ3v) is 2.25. The lowest BCUT2D eigenvalue weighted by atomic mass is 10.3. The zero-order valence-corrected chi connectivity index (χ0v) is 9.31. The van der Waals surface area contributed by atoms with Gasteiger partial charge in [0.05, 0.1) is 23.1 Å². The monoisotopic (exact) mass is 248 g/mol. The molecular weight excluding hydrogens is 239 g/mol. The van der Waals surface area contributed by atoms with Gasteiger partial charge in [0.2, 0.25) is 5.91 Å². The second kappa shape index (κ2) is 5.80. The van der Waals surface area contributed by atoms with Crippen LogP contribution in [0.4, 0.5) is 0 Å². The Morgan fingerprint density at radius 3 is 2.53 bits per heavy atom. The molecule has 0 aliphatic heterocycles. The summed E-state index contributed by atoms with van der Waals surface area (Å²) in [4.78, 5) is 10.8. The van der Waals surface area contributed by atoms with Gasteiger partial charge in [0.15, 0.2) is 5.75 Å². The molecule has 82 valence electrons. The lowest BCUT2D eigenvalue weighted by Gasteiger charge is -2.08. The van der Waals surface area contributed by atoms with Gasteiger partial charge in [-0.05, 0) is 12.1 Å². The number of hydrazine groups is 1. The first-order valence-electron chi connectivity index (χ1n) is 4.21. The highest BCUT2D eigenvalue weighted by atomic mass is 35.5. The predicted octanol–water partition coefficient (Wildman–Crippen LogP) is 1.75. The van der Waals surface area contributed by atoms with E-state index in [9.17, 15) is 4.79 Å². The molecule has 4 nitrogen and oxygen atoms in total. The molecule has 1 aromatic carbocycles. The minimum absolute atomic E-state index is 0.151. The molecule has 0 aliphatic carbocycles. The number of ether oxygens (including phenoxy) is 1. The van der Waals surface area contributed by atoms with Crippen LogP contribution in [0.25, 0.3) is 0 Å². The van der Waals surface area contributed by atoms with Gasteiger partial charge in [0.25, 0.3) is 0 Å². The van der Waals surface area contributed by atoms with Crippen molar-refractivity contribution in [1.82, 2.24) is 5.43 Å². The number of hydrogen-bond acceptors (Lipinski definition) is 3. The highest BCUT2D eigenvalue weighted by Crippen LogP contribution is 2.32. The van der Waals surface area contributed by atoms with Crippen molar-refractivity contribution in [1.29, 1.82) is 0 Å². The van der Waals surface area contributed by atoms with E-state index in [1.54, 1.807) is 18.2 Å². The average molecular weight is 249 g/mol. The van der Waals surface area contributed by atoms with E-state index in [2.05, 4.69) is 0 Å². The van der Waals surface area contributed by atoms with E-state index >= 15 is 0 Å². The van der Waals surface area contributed by atoms with E-state index in [1.165, 1.54) is 0 Å². The minimum Gasteiger partial charge on any atom is -0.490 e. The molecule has 0 bridgehead atoms. The van der Waals surface area contributed by atoms with E-state index in [0.29, 0.717) is 15.8 Å². The SMILES string of the molecule is NNC(=O)CCOc1c(Cl)cccc1Cl. The Kier molecular flexibility index (Phi) is 4.68. The summed E-state index contributed by atoms with van der Waals surface area (Å²) < 4.78 is 5.26. The number of amides is 1. The lowest BCUT2D eigenvalue weighted by Crippen LogP contribution is -2.31. The fourth-order valence-electron chi connectivity index (χ4n) is 0.938. The summed E-state index contributed by atoms with van der Waals surface area (Å²) in [5.41, 5.74) is 2.00. The first kappa shape index (κ1) is 12.1. The van der Waals surface area contributed by atoms with Crippen molar-refractivity contribution < 1.29 is 9.53 Å². The third-order valence-electron chi connectivity index (χ3n) is 1.66. The molecule has 3 N–H and O–H groups in total. The Labute approximate surface area is 97.3 Å². The molecule has 0 unspecified atom stereocenters. The molecule has 0 aliphatic rings. The van der Waals surface area contributed by atoms with Crippen LogP contribution in [-0.4, -0.2) is 12.5 Å². The van der Waals surface area contributed by atoms with Crippen LogP contribution < -0.4 is 16.0 Å². The van der Waals surface area contributed by atoms with Crippen molar-refractivity contribution in [2.24, 2.45) is 5.84 Å². The molecule has 15 heavy (non-hydrogen) atoms. The number of para-hydroxylation sites is 1. The summed E-state index contributed by atoms with van der Waals surface area (Å²) in [5.74, 6) is 4.98. The van der Waals surface area contributed by atoms with Gasteiger partial charge in [0.1, 0.15) is 0 Å². The molecule has 1 aromatic rings. The van der Waals surface area contributed by atoms with Crippen LogP contribution in [0.15, 0.2) is 18.2 Å². The smallest absolute Gasteiger partial charge is 0.237 e. The number of nitrogens with one attached hydrogen (secondary N) is 1. The molecule has 0 atom stereocenters. The van der Waals surface area contributed by atoms with Crippen molar-refractivity contribution in [3.63, 3.8) is 0 Å². The highest BCUT2D eigenvalue weighted by Gasteiger charge is 2.07. The molecule has 0 fully saturated rings. The van der Waals surface area contributed by atoms with Crippen LogP contribution in [0.5, 0.6) is 5.75 Å². The number of rotatable bonds is 4. The van der Waals surface area contributed by atoms with Gasteiger partial charge in [0, 0.05) is 0 Å². The van der Waals surface area contributed by atoms with Gasteiger partial charge >= 0.3 is 0 Å². The first-order chi connectivity index (χ1) is 7.15. The van der Waals surface area contributed by atoms with Crippen LogP contribution in [0.3, 0.4) is 0 Å². The predicted molar refractivity (Wildman–Crippen MR) is 58.9 cm³/mol. The van der Waals surface area contributed by atoms with E-state index in [-0.39, 0.29) is 18.9 Å². The Morgan fingerprint density at radius 1 is 1.40 bits per heavy atom. The fourth-order valence-corrected chi connectivity index (χ4v) is 1.44. The topological polar surface area (TPSA) is 64.3 Å². The number of carbonyl (C=O) groups is 1. The maximum Gasteiger partial charge on any atom is 0.237 e. The first-order valence-corrected chi connectivity index (χ1v) is 4.97. The normalized spacial score (nSPS) is 9.80. The van der Waals surface area contributed by atoms with Gasteiger partial charge in [-0.25, -0.2) is 5.84 Å². The standard InChI is InChI=1S/C9H10Cl2N2O2/c10-6-2-1-3-7(11)9(6)15-5-4-8(14)13-12/h1-3H,4-5,12H2,(H,13,14). The van der Waals surface area contributed by atoms with Crippen LogP contribution in [0, 0.1) is 0 Å². The number of halogens is 2. The van der Waals surface area contributed by atoms with Crippen LogP contribution in [-0.2, 0) is 4.79 Å². The second-order valence-corrected chi connectivity index (χ2v) is 3.53. The van der Waals surface area contributed by atoms with E-state index in [4.69, 9.17) is 33.8 Å². The van der Waals surface area contributed by atoms with E-state index < -0.39 is 0 Å². The molecule has 0 saturated heterocycles. The summed E-state index contributed by atoms with van der Waals surface area (Å²) in [7, 11) is 0.